The van der Waals surface area contributed by atoms with Crippen LogP contribution in [0.25, 0.3) is 0 Å². The number of carboxylic acids is 1. The van der Waals surface area contributed by atoms with E-state index in [1.54, 1.807) is 11.8 Å². The van der Waals surface area contributed by atoms with Crippen molar-refractivity contribution in [1.82, 2.24) is 21.3 Å². The molecular weight excluding hydrogens is 328 g/mol. The molecule has 1 amide bonds. The number of carbonyl (C=O) groups is 2. The maximum absolute atomic E-state index is 12.2. The van der Waals surface area contributed by atoms with Crippen LogP contribution in [-0.4, -0.2) is 74.3 Å². The minimum atomic E-state index is -0.952. The fourth-order valence-electron chi connectivity index (χ4n) is 2.70. The number of rotatable bonds is 7. The van der Waals surface area contributed by atoms with Gasteiger partial charge in [-0.3, -0.25) is 4.79 Å². The van der Waals surface area contributed by atoms with E-state index in [0.717, 1.165) is 57.9 Å². The zero-order chi connectivity index (χ0) is 17.6. The molecule has 8 heteroatoms. The molecule has 0 spiro atoms. The van der Waals surface area contributed by atoms with Gasteiger partial charge in [-0.05, 0) is 50.3 Å². The number of carboxylic acid groups (broad SMARTS) is 1. The zero-order valence-corrected chi connectivity index (χ0v) is 15.4. The minimum Gasteiger partial charge on any atom is -0.480 e. The highest BCUT2D eigenvalue weighted by Crippen LogP contribution is 2.13. The summed E-state index contributed by atoms with van der Waals surface area (Å²) in [6.45, 7) is 5.51. The van der Waals surface area contributed by atoms with E-state index in [9.17, 15) is 14.7 Å². The van der Waals surface area contributed by atoms with Crippen molar-refractivity contribution >= 4 is 23.6 Å². The number of aliphatic carboxylic acids is 1. The molecule has 1 saturated heterocycles. The van der Waals surface area contributed by atoms with Gasteiger partial charge in [0.25, 0.3) is 0 Å². The van der Waals surface area contributed by atoms with Crippen LogP contribution in [0.15, 0.2) is 0 Å². The third-order valence-corrected chi connectivity index (χ3v) is 4.78. The summed E-state index contributed by atoms with van der Waals surface area (Å²) >= 11 is 1.59. The van der Waals surface area contributed by atoms with E-state index < -0.39 is 12.0 Å². The predicted octanol–water partition coefficient (Wildman–Crippen LogP) is -0.122. The van der Waals surface area contributed by atoms with Gasteiger partial charge in [-0.15, -0.1) is 0 Å². The topological polar surface area (TPSA) is 102 Å². The van der Waals surface area contributed by atoms with Crippen LogP contribution in [0.3, 0.4) is 0 Å². The van der Waals surface area contributed by atoms with Crippen molar-refractivity contribution in [1.29, 1.82) is 0 Å². The highest BCUT2D eigenvalue weighted by Gasteiger charge is 2.21. The molecule has 1 heterocycles. The molecule has 1 unspecified atom stereocenters. The Labute approximate surface area is 149 Å². The van der Waals surface area contributed by atoms with Gasteiger partial charge in [-0.1, -0.05) is 0 Å². The lowest BCUT2D eigenvalue weighted by molar-refractivity contribution is -0.142. The Balaban J connectivity index is 2.42. The lowest BCUT2D eigenvalue weighted by Crippen LogP contribution is -2.42. The van der Waals surface area contributed by atoms with Crippen molar-refractivity contribution < 1.29 is 14.7 Å². The summed E-state index contributed by atoms with van der Waals surface area (Å²) in [6, 6.07) is -0.779. The summed E-state index contributed by atoms with van der Waals surface area (Å²) < 4.78 is 0. The summed E-state index contributed by atoms with van der Waals surface area (Å²) in [7, 11) is 0. The van der Waals surface area contributed by atoms with E-state index in [4.69, 9.17) is 0 Å². The van der Waals surface area contributed by atoms with Crippen molar-refractivity contribution in [3.63, 3.8) is 0 Å². The molecule has 24 heavy (non-hydrogen) atoms. The minimum absolute atomic E-state index is 0.151. The second-order valence-electron chi connectivity index (χ2n) is 6.14. The third kappa shape index (κ3) is 10.1. The van der Waals surface area contributed by atoms with Gasteiger partial charge in [-0.25, -0.2) is 4.79 Å². The summed E-state index contributed by atoms with van der Waals surface area (Å²) in [5, 5.41) is 22.0. The van der Waals surface area contributed by atoms with Gasteiger partial charge in [0.15, 0.2) is 0 Å². The Morgan fingerprint density at radius 3 is 2.12 bits per heavy atom. The largest absolute Gasteiger partial charge is 0.480 e. The van der Waals surface area contributed by atoms with E-state index >= 15 is 0 Å². The van der Waals surface area contributed by atoms with Crippen LogP contribution in [0, 0.1) is 5.92 Å². The molecule has 1 atom stereocenters. The molecule has 0 aromatic rings. The first-order valence-corrected chi connectivity index (χ1v) is 10.2. The smallest absolute Gasteiger partial charge is 0.326 e. The van der Waals surface area contributed by atoms with Crippen molar-refractivity contribution in [2.24, 2.45) is 5.92 Å². The second-order valence-corrected chi connectivity index (χ2v) is 7.12. The lowest BCUT2D eigenvalue weighted by atomic mass is 9.96. The first kappa shape index (κ1) is 21.2. The highest BCUT2D eigenvalue weighted by molar-refractivity contribution is 7.98. The molecule has 1 fully saturated rings. The Morgan fingerprint density at radius 2 is 1.62 bits per heavy atom. The number of nitrogens with one attached hydrogen (secondary N) is 4. The van der Waals surface area contributed by atoms with E-state index in [2.05, 4.69) is 21.3 Å². The summed E-state index contributed by atoms with van der Waals surface area (Å²) in [5.41, 5.74) is 0. The van der Waals surface area contributed by atoms with Gasteiger partial charge < -0.3 is 26.4 Å². The molecule has 1 rings (SSSR count). The molecule has 0 aromatic carbocycles. The van der Waals surface area contributed by atoms with Crippen LogP contribution in [0.5, 0.6) is 0 Å². The number of hydrogen-bond donors (Lipinski definition) is 5. The van der Waals surface area contributed by atoms with Crippen molar-refractivity contribution in [3.8, 4) is 0 Å². The van der Waals surface area contributed by atoms with Crippen molar-refractivity contribution in [2.45, 2.75) is 31.7 Å². The second kappa shape index (κ2) is 13.5. The Bertz CT molecular complexity index is 359. The van der Waals surface area contributed by atoms with Gasteiger partial charge in [-0.2, -0.15) is 11.8 Å². The molecule has 0 aliphatic carbocycles. The molecule has 5 N–H and O–H groups in total. The van der Waals surface area contributed by atoms with Gasteiger partial charge >= 0.3 is 5.97 Å². The molecule has 0 aromatic heterocycles. The molecular formula is C16H32N4O3S. The van der Waals surface area contributed by atoms with E-state index in [1.807, 2.05) is 6.26 Å². The standard InChI is InChI=1S/C16H32N4O3S/c1-24-11-4-14(16(22)23)20-15(21)12-13-2-5-17-7-9-19-10-8-18-6-3-13/h13-14,17-19H,2-12H2,1H3,(H,20,21)(H,22,23). The van der Waals surface area contributed by atoms with Crippen LogP contribution in [0.4, 0.5) is 0 Å². The van der Waals surface area contributed by atoms with Crippen molar-refractivity contribution in [3.05, 3.63) is 0 Å². The third-order valence-electron chi connectivity index (χ3n) is 4.13. The quantitative estimate of drug-likeness (QED) is 0.431. The Kier molecular flexibility index (Phi) is 11.9. The van der Waals surface area contributed by atoms with Crippen LogP contribution in [0.1, 0.15) is 25.7 Å². The summed E-state index contributed by atoms with van der Waals surface area (Å²) in [4.78, 5) is 23.5. The average Bonchev–Trinajstić information content (AvgIpc) is 2.53. The van der Waals surface area contributed by atoms with Crippen LogP contribution >= 0.6 is 11.8 Å². The maximum atomic E-state index is 12.2. The van der Waals surface area contributed by atoms with E-state index in [1.165, 1.54) is 0 Å². The van der Waals surface area contributed by atoms with Crippen molar-refractivity contribution in [2.75, 3.05) is 51.3 Å². The fourth-order valence-corrected chi connectivity index (χ4v) is 3.17. The molecule has 0 saturated carbocycles. The van der Waals surface area contributed by atoms with Crippen LogP contribution < -0.4 is 21.3 Å². The average molecular weight is 361 g/mol. The zero-order valence-electron chi connectivity index (χ0n) is 14.6. The number of carbonyl (C=O) groups excluding carboxylic acids is 1. The molecule has 0 radical (unpaired) electrons. The SMILES string of the molecule is CSCCC(NC(=O)CC1CCNCCNCCNCC1)C(=O)O. The predicted molar refractivity (Wildman–Crippen MR) is 98.5 cm³/mol. The monoisotopic (exact) mass is 360 g/mol. The number of amides is 1. The van der Waals surface area contributed by atoms with Gasteiger partial charge in [0, 0.05) is 32.6 Å². The summed E-state index contributed by atoms with van der Waals surface area (Å²) in [5.74, 6) is -0.107. The van der Waals surface area contributed by atoms with Crippen LogP contribution in [0.2, 0.25) is 0 Å². The molecule has 0 bridgehead atoms. The van der Waals surface area contributed by atoms with Crippen LogP contribution in [-0.2, 0) is 9.59 Å². The normalized spacial score (nSPS) is 19.7. The number of hydrogen-bond acceptors (Lipinski definition) is 6. The molecule has 1 aliphatic heterocycles. The Morgan fingerprint density at radius 1 is 1.08 bits per heavy atom. The highest BCUT2D eigenvalue weighted by atomic mass is 32.2. The van der Waals surface area contributed by atoms with E-state index in [-0.39, 0.29) is 11.8 Å². The number of thioether (sulfide) groups is 1. The van der Waals surface area contributed by atoms with Gasteiger partial charge in [0.2, 0.25) is 5.91 Å². The molecule has 1 aliphatic rings. The molecule has 140 valence electrons. The van der Waals surface area contributed by atoms with E-state index in [0.29, 0.717) is 12.8 Å². The fraction of sp³-hybridized carbons (Fsp3) is 0.875. The first-order chi connectivity index (χ1) is 11.6. The van der Waals surface area contributed by atoms with Gasteiger partial charge in [0.05, 0.1) is 0 Å². The lowest BCUT2D eigenvalue weighted by Gasteiger charge is -2.20. The summed E-state index contributed by atoms with van der Waals surface area (Å²) in [6.07, 6.45) is 4.64. The Hall–Kier alpha value is -0.830. The maximum Gasteiger partial charge on any atom is 0.326 e. The van der Waals surface area contributed by atoms with Gasteiger partial charge in [0.1, 0.15) is 6.04 Å². The first-order valence-electron chi connectivity index (χ1n) is 8.76. The molecule has 7 nitrogen and oxygen atoms in total.